The summed E-state index contributed by atoms with van der Waals surface area (Å²) < 4.78 is 42.2. The fourth-order valence-electron chi connectivity index (χ4n) is 3.85. The third kappa shape index (κ3) is 7.96. The van der Waals surface area contributed by atoms with E-state index >= 15 is 0 Å². The molecule has 3 rings (SSSR count). The number of halogens is 3. The summed E-state index contributed by atoms with van der Waals surface area (Å²) in [5.41, 5.74) is 0.973. The van der Waals surface area contributed by atoms with Gasteiger partial charge in [0.15, 0.2) is 0 Å². The molecule has 0 fully saturated rings. The van der Waals surface area contributed by atoms with E-state index in [4.69, 9.17) is 23.2 Å². The van der Waals surface area contributed by atoms with Crippen molar-refractivity contribution in [2.24, 2.45) is 0 Å². The molecule has 3 aromatic carbocycles. The van der Waals surface area contributed by atoms with Crippen LogP contribution >= 0.6 is 23.2 Å². The Morgan fingerprint density at radius 2 is 1.55 bits per heavy atom. The molecule has 2 amide bonds. The molecule has 0 spiro atoms. The first-order valence-electron chi connectivity index (χ1n) is 12.5. The Kier molecular flexibility index (Phi) is 9.87. The van der Waals surface area contributed by atoms with Gasteiger partial charge in [-0.2, -0.15) is 0 Å². The lowest BCUT2D eigenvalue weighted by Gasteiger charge is -2.33. The lowest BCUT2D eigenvalue weighted by Crippen LogP contribution is -2.54. The number of hydrogen-bond donors (Lipinski definition) is 1. The van der Waals surface area contributed by atoms with Crippen LogP contribution in [0.3, 0.4) is 0 Å². The molecular weight excluding hydrogens is 576 g/mol. The first-order chi connectivity index (χ1) is 18.6. The van der Waals surface area contributed by atoms with E-state index in [1.165, 1.54) is 59.5 Å². The number of carbonyl (C=O) groups excluding carboxylic acids is 2. The highest BCUT2D eigenvalue weighted by Gasteiger charge is 2.33. The fraction of sp³-hybridized carbons (Fsp3) is 0.310. The second kappa shape index (κ2) is 12.6. The average Bonchev–Trinajstić information content (AvgIpc) is 2.87. The molecule has 0 aromatic heterocycles. The molecule has 0 saturated heterocycles. The molecule has 1 atom stereocenters. The Hall–Kier alpha value is -3.14. The van der Waals surface area contributed by atoms with Gasteiger partial charge >= 0.3 is 0 Å². The topological polar surface area (TPSA) is 86.8 Å². The summed E-state index contributed by atoms with van der Waals surface area (Å²) in [6.45, 7) is 8.12. The van der Waals surface area contributed by atoms with Crippen LogP contribution in [-0.2, 0) is 26.2 Å². The van der Waals surface area contributed by atoms with E-state index in [2.05, 4.69) is 5.32 Å². The fourth-order valence-corrected chi connectivity index (χ4v) is 5.55. The summed E-state index contributed by atoms with van der Waals surface area (Å²) >= 11 is 12.3. The van der Waals surface area contributed by atoms with Gasteiger partial charge in [0, 0.05) is 12.1 Å². The molecule has 214 valence electrons. The van der Waals surface area contributed by atoms with Crippen molar-refractivity contribution < 1.29 is 22.4 Å². The second-order valence-corrected chi connectivity index (χ2v) is 13.2. The molecule has 0 bridgehead atoms. The van der Waals surface area contributed by atoms with E-state index in [1.54, 1.807) is 19.1 Å². The van der Waals surface area contributed by atoms with Gasteiger partial charge in [-0.25, -0.2) is 12.8 Å². The van der Waals surface area contributed by atoms with Crippen molar-refractivity contribution in [1.29, 1.82) is 0 Å². The lowest BCUT2D eigenvalue weighted by atomic mass is 10.1. The number of amides is 2. The van der Waals surface area contributed by atoms with Gasteiger partial charge in [-0.3, -0.25) is 13.9 Å². The third-order valence-corrected chi connectivity index (χ3v) is 8.54. The van der Waals surface area contributed by atoms with E-state index < -0.39 is 45.8 Å². The number of nitrogens with one attached hydrogen (secondary N) is 1. The highest BCUT2D eigenvalue weighted by atomic mass is 35.5. The van der Waals surface area contributed by atoms with E-state index in [-0.39, 0.29) is 27.2 Å². The Morgan fingerprint density at radius 1 is 0.950 bits per heavy atom. The molecule has 0 radical (unpaired) electrons. The Bertz CT molecular complexity index is 1470. The minimum atomic E-state index is -4.25. The predicted molar refractivity (Wildman–Crippen MR) is 156 cm³/mol. The Morgan fingerprint density at radius 3 is 2.10 bits per heavy atom. The molecule has 0 heterocycles. The SMILES string of the molecule is Cc1ccc(S(=O)(=O)N(CC(=O)N(Cc2ccc(F)cc2)[C@H](C)C(=O)NC(C)(C)C)c2ccc(Cl)c(Cl)c2)cc1. The van der Waals surface area contributed by atoms with Crippen LogP contribution in [-0.4, -0.2) is 43.3 Å². The van der Waals surface area contributed by atoms with Crippen molar-refractivity contribution in [1.82, 2.24) is 10.2 Å². The number of benzene rings is 3. The van der Waals surface area contributed by atoms with Crippen molar-refractivity contribution >= 4 is 50.7 Å². The van der Waals surface area contributed by atoms with E-state index in [0.717, 1.165) is 9.87 Å². The molecule has 0 unspecified atom stereocenters. The van der Waals surface area contributed by atoms with Crippen LogP contribution < -0.4 is 9.62 Å². The van der Waals surface area contributed by atoms with Gasteiger partial charge in [-0.05, 0) is 82.6 Å². The number of sulfonamides is 1. The van der Waals surface area contributed by atoms with Crippen LogP contribution in [0.4, 0.5) is 10.1 Å². The summed E-state index contributed by atoms with van der Waals surface area (Å²) in [4.78, 5) is 28.2. The van der Waals surface area contributed by atoms with E-state index in [1.807, 2.05) is 27.7 Å². The highest BCUT2D eigenvalue weighted by Crippen LogP contribution is 2.31. The van der Waals surface area contributed by atoms with Gasteiger partial charge in [0.2, 0.25) is 11.8 Å². The van der Waals surface area contributed by atoms with Crippen molar-refractivity contribution in [3.05, 3.63) is 93.7 Å². The molecule has 0 aliphatic carbocycles. The maximum absolute atomic E-state index is 13.9. The van der Waals surface area contributed by atoms with Gasteiger partial charge in [0.1, 0.15) is 18.4 Å². The molecule has 0 aliphatic rings. The van der Waals surface area contributed by atoms with Gasteiger partial charge in [-0.1, -0.05) is 53.0 Å². The second-order valence-electron chi connectivity index (χ2n) is 10.5. The Labute approximate surface area is 244 Å². The van der Waals surface area contributed by atoms with Gasteiger partial charge in [0.05, 0.1) is 20.6 Å². The smallest absolute Gasteiger partial charge is 0.264 e. The van der Waals surface area contributed by atoms with Crippen LogP contribution in [0.25, 0.3) is 0 Å². The molecule has 0 saturated carbocycles. The summed E-state index contributed by atoms with van der Waals surface area (Å²) in [6.07, 6.45) is 0. The highest BCUT2D eigenvalue weighted by molar-refractivity contribution is 7.92. The number of nitrogens with zero attached hydrogens (tertiary/aromatic N) is 2. The Balaban J connectivity index is 2.06. The molecule has 1 N–H and O–H groups in total. The van der Waals surface area contributed by atoms with Crippen LogP contribution in [0.5, 0.6) is 0 Å². The molecule has 3 aromatic rings. The van der Waals surface area contributed by atoms with Crippen molar-refractivity contribution in [3.8, 4) is 0 Å². The summed E-state index contributed by atoms with van der Waals surface area (Å²) in [5.74, 6) is -1.52. The summed E-state index contributed by atoms with van der Waals surface area (Å²) in [5, 5.41) is 3.18. The first kappa shape index (κ1) is 31.4. The zero-order valence-corrected chi connectivity index (χ0v) is 25.2. The zero-order chi connectivity index (χ0) is 29.8. The van der Waals surface area contributed by atoms with Crippen LogP contribution in [0.15, 0.2) is 71.6 Å². The maximum Gasteiger partial charge on any atom is 0.264 e. The average molecular weight is 609 g/mol. The van der Waals surface area contributed by atoms with Crippen LogP contribution in [0.1, 0.15) is 38.8 Å². The lowest BCUT2D eigenvalue weighted by molar-refractivity contribution is -0.140. The third-order valence-electron chi connectivity index (χ3n) is 6.01. The summed E-state index contributed by atoms with van der Waals surface area (Å²) in [7, 11) is -4.25. The molecule has 7 nitrogen and oxygen atoms in total. The zero-order valence-electron chi connectivity index (χ0n) is 22.9. The van der Waals surface area contributed by atoms with Crippen molar-refractivity contribution in [3.63, 3.8) is 0 Å². The minimum Gasteiger partial charge on any atom is -0.350 e. The van der Waals surface area contributed by atoms with Crippen molar-refractivity contribution in [2.75, 3.05) is 10.8 Å². The summed E-state index contributed by atoms with van der Waals surface area (Å²) in [6, 6.07) is 15.0. The number of anilines is 1. The number of rotatable bonds is 9. The largest absolute Gasteiger partial charge is 0.350 e. The number of hydrogen-bond acceptors (Lipinski definition) is 4. The van der Waals surface area contributed by atoms with E-state index in [0.29, 0.717) is 5.56 Å². The van der Waals surface area contributed by atoms with Crippen LogP contribution in [0.2, 0.25) is 10.0 Å². The number of aryl methyl sites for hydroxylation is 1. The monoisotopic (exact) mass is 607 g/mol. The normalized spacial score (nSPS) is 12.5. The van der Waals surface area contributed by atoms with E-state index in [9.17, 15) is 22.4 Å². The first-order valence-corrected chi connectivity index (χ1v) is 14.7. The molecular formula is C29H32Cl2FN3O4S. The quantitative estimate of drug-likeness (QED) is 0.325. The van der Waals surface area contributed by atoms with Gasteiger partial charge in [0.25, 0.3) is 10.0 Å². The van der Waals surface area contributed by atoms with Gasteiger partial charge in [-0.15, -0.1) is 0 Å². The number of carbonyl (C=O) groups is 2. The molecule has 40 heavy (non-hydrogen) atoms. The molecule has 11 heteroatoms. The standard InChI is InChI=1S/C29H32Cl2FN3O4S/c1-19-6-13-24(14-7-19)40(38,39)35(23-12-15-25(30)26(31)16-23)18-27(36)34(17-21-8-10-22(32)11-9-21)20(2)28(37)33-29(3,4)5/h6-16,20H,17-18H2,1-5H3,(H,33,37)/t20-/m1/s1. The maximum atomic E-state index is 13.9. The van der Waals surface area contributed by atoms with Crippen molar-refractivity contribution in [2.45, 2.75) is 57.6 Å². The predicted octanol–water partition coefficient (Wildman–Crippen LogP) is 5.97. The van der Waals surface area contributed by atoms with Crippen LogP contribution in [0, 0.1) is 12.7 Å². The molecule has 0 aliphatic heterocycles. The van der Waals surface area contributed by atoms with Gasteiger partial charge < -0.3 is 10.2 Å². The minimum absolute atomic E-state index is 0.0272.